The number of sulfonamides is 1. The Morgan fingerprint density at radius 3 is 2.30 bits per heavy atom. The van der Waals surface area contributed by atoms with Crippen LogP contribution in [0, 0.1) is 5.92 Å². The second-order valence-corrected chi connectivity index (χ2v) is 10.0. The zero-order valence-electron chi connectivity index (χ0n) is 16.8. The minimum Gasteiger partial charge on any atom is -0.495 e. The molecule has 162 valence electrons. The summed E-state index contributed by atoms with van der Waals surface area (Å²) >= 11 is 11.9. The first-order chi connectivity index (χ1) is 14.2. The third-order valence-corrected chi connectivity index (χ3v) is 7.70. The van der Waals surface area contributed by atoms with Gasteiger partial charge in [-0.15, -0.1) is 0 Å². The number of hydrogen-bond donors (Lipinski definition) is 1. The summed E-state index contributed by atoms with van der Waals surface area (Å²) in [4.78, 5) is 12.7. The molecular weight excluding hydrogens is 447 g/mol. The SMILES string of the molecule is COc1ccc(Cl)cc1S(=O)(=O)N1CCC(C(=O)NC(C)c2ccc(Cl)cc2)CC1. The molecule has 0 bridgehead atoms. The van der Waals surface area contributed by atoms with Gasteiger partial charge >= 0.3 is 0 Å². The summed E-state index contributed by atoms with van der Waals surface area (Å²) in [5, 5.41) is 3.97. The van der Waals surface area contributed by atoms with Crippen LogP contribution in [0.15, 0.2) is 47.4 Å². The summed E-state index contributed by atoms with van der Waals surface area (Å²) in [5.41, 5.74) is 0.959. The van der Waals surface area contributed by atoms with E-state index in [-0.39, 0.29) is 41.6 Å². The van der Waals surface area contributed by atoms with E-state index in [0.29, 0.717) is 22.9 Å². The minimum absolute atomic E-state index is 0.0387. The van der Waals surface area contributed by atoms with Crippen molar-refractivity contribution in [3.05, 3.63) is 58.1 Å². The molecule has 6 nitrogen and oxygen atoms in total. The molecule has 1 saturated heterocycles. The Morgan fingerprint density at radius 2 is 1.70 bits per heavy atom. The molecule has 0 aromatic heterocycles. The summed E-state index contributed by atoms with van der Waals surface area (Å²) in [6.07, 6.45) is 0.891. The lowest BCUT2D eigenvalue weighted by Crippen LogP contribution is -2.43. The van der Waals surface area contributed by atoms with Crippen LogP contribution in [0.25, 0.3) is 0 Å². The second kappa shape index (κ2) is 9.56. The van der Waals surface area contributed by atoms with Crippen LogP contribution in [-0.4, -0.2) is 38.8 Å². The maximum absolute atomic E-state index is 13.1. The molecule has 2 aromatic carbocycles. The molecule has 9 heteroatoms. The van der Waals surface area contributed by atoms with E-state index in [1.54, 1.807) is 18.2 Å². The van der Waals surface area contributed by atoms with Crippen LogP contribution in [0.4, 0.5) is 0 Å². The first-order valence-electron chi connectivity index (χ1n) is 9.62. The van der Waals surface area contributed by atoms with Gasteiger partial charge in [-0.2, -0.15) is 4.31 Å². The maximum atomic E-state index is 13.1. The molecule has 2 aromatic rings. The highest BCUT2D eigenvalue weighted by Gasteiger charge is 2.34. The molecule has 1 atom stereocenters. The van der Waals surface area contributed by atoms with E-state index in [4.69, 9.17) is 27.9 Å². The first-order valence-corrected chi connectivity index (χ1v) is 11.8. The van der Waals surface area contributed by atoms with Crippen molar-refractivity contribution in [2.75, 3.05) is 20.2 Å². The number of amides is 1. The van der Waals surface area contributed by atoms with Gasteiger partial charge in [0, 0.05) is 29.1 Å². The lowest BCUT2D eigenvalue weighted by atomic mass is 9.96. The van der Waals surface area contributed by atoms with Gasteiger partial charge in [0.2, 0.25) is 15.9 Å². The fraction of sp³-hybridized carbons (Fsp3) is 0.381. The molecule has 0 spiro atoms. The zero-order valence-corrected chi connectivity index (χ0v) is 19.1. The lowest BCUT2D eigenvalue weighted by Gasteiger charge is -2.31. The molecule has 1 heterocycles. The van der Waals surface area contributed by atoms with Crippen molar-refractivity contribution >= 4 is 39.1 Å². The highest BCUT2D eigenvalue weighted by Crippen LogP contribution is 2.32. The second-order valence-electron chi connectivity index (χ2n) is 7.26. The molecule has 1 fully saturated rings. The molecular formula is C21H24Cl2N2O4S. The van der Waals surface area contributed by atoms with Crippen LogP contribution in [0.5, 0.6) is 5.75 Å². The fourth-order valence-electron chi connectivity index (χ4n) is 3.52. The fourth-order valence-corrected chi connectivity index (χ4v) is 5.53. The predicted octanol–water partition coefficient (Wildman–Crippen LogP) is 4.28. The highest BCUT2D eigenvalue weighted by atomic mass is 35.5. The standard InChI is InChI=1S/C21H24Cl2N2O4S/c1-14(15-3-5-17(22)6-4-15)24-21(26)16-9-11-25(12-10-16)30(27,28)20-13-18(23)7-8-19(20)29-2/h3-8,13-14,16H,9-12H2,1-2H3,(H,24,26). The first kappa shape index (κ1) is 22.9. The van der Waals surface area contributed by atoms with Crippen LogP contribution in [0.3, 0.4) is 0 Å². The van der Waals surface area contributed by atoms with E-state index >= 15 is 0 Å². The zero-order chi connectivity index (χ0) is 21.9. The molecule has 1 aliphatic heterocycles. The molecule has 0 saturated carbocycles. The van der Waals surface area contributed by atoms with E-state index in [0.717, 1.165) is 5.56 Å². The highest BCUT2D eigenvalue weighted by molar-refractivity contribution is 7.89. The number of hydrogen-bond acceptors (Lipinski definition) is 4. The number of rotatable bonds is 6. The number of benzene rings is 2. The third kappa shape index (κ3) is 5.09. The number of halogens is 2. The van der Waals surface area contributed by atoms with Crippen molar-refractivity contribution in [3.63, 3.8) is 0 Å². The molecule has 1 amide bonds. The van der Waals surface area contributed by atoms with E-state index in [2.05, 4.69) is 5.32 Å². The smallest absolute Gasteiger partial charge is 0.246 e. The normalized spacial score (nSPS) is 16.8. The largest absolute Gasteiger partial charge is 0.495 e. The third-order valence-electron chi connectivity index (χ3n) is 5.30. The number of piperidine rings is 1. The Hall–Kier alpha value is -1.80. The van der Waals surface area contributed by atoms with Crippen LogP contribution in [-0.2, 0) is 14.8 Å². The lowest BCUT2D eigenvalue weighted by molar-refractivity contribution is -0.126. The van der Waals surface area contributed by atoms with Crippen LogP contribution < -0.4 is 10.1 Å². The van der Waals surface area contributed by atoms with Crippen molar-refractivity contribution in [1.29, 1.82) is 0 Å². The predicted molar refractivity (Wildman–Crippen MR) is 117 cm³/mol. The molecule has 0 aliphatic carbocycles. The van der Waals surface area contributed by atoms with Gasteiger partial charge in [-0.05, 0) is 55.7 Å². The number of carbonyl (C=O) groups excluding carboxylic acids is 1. The Labute approximate surface area is 187 Å². The number of ether oxygens (including phenoxy) is 1. The summed E-state index contributed by atoms with van der Waals surface area (Å²) in [6, 6.07) is 11.7. The summed E-state index contributed by atoms with van der Waals surface area (Å²) in [7, 11) is -2.35. The van der Waals surface area contributed by atoms with Gasteiger partial charge in [0.25, 0.3) is 0 Å². The Bertz CT molecular complexity index is 1000. The van der Waals surface area contributed by atoms with Crippen LogP contribution in [0.2, 0.25) is 10.0 Å². The van der Waals surface area contributed by atoms with E-state index in [9.17, 15) is 13.2 Å². The minimum atomic E-state index is -3.77. The van der Waals surface area contributed by atoms with Gasteiger partial charge in [-0.25, -0.2) is 8.42 Å². The van der Waals surface area contributed by atoms with Crippen molar-refractivity contribution < 1.29 is 17.9 Å². The van der Waals surface area contributed by atoms with Gasteiger partial charge in [0.05, 0.1) is 13.2 Å². The summed E-state index contributed by atoms with van der Waals surface area (Å²) in [6.45, 7) is 2.42. The molecule has 0 radical (unpaired) electrons. The van der Waals surface area contributed by atoms with Crippen molar-refractivity contribution in [2.24, 2.45) is 5.92 Å². The number of nitrogens with one attached hydrogen (secondary N) is 1. The number of methoxy groups -OCH3 is 1. The van der Waals surface area contributed by atoms with Crippen molar-refractivity contribution in [3.8, 4) is 5.75 Å². The average molecular weight is 471 g/mol. The van der Waals surface area contributed by atoms with Gasteiger partial charge in [-0.3, -0.25) is 4.79 Å². The van der Waals surface area contributed by atoms with Gasteiger partial charge in [0.1, 0.15) is 10.6 Å². The summed E-state index contributed by atoms with van der Waals surface area (Å²) in [5.74, 6) is -0.0710. The van der Waals surface area contributed by atoms with Gasteiger partial charge in [-0.1, -0.05) is 35.3 Å². The van der Waals surface area contributed by atoms with Crippen molar-refractivity contribution in [1.82, 2.24) is 9.62 Å². The quantitative estimate of drug-likeness (QED) is 0.683. The average Bonchev–Trinajstić information content (AvgIpc) is 2.74. The van der Waals surface area contributed by atoms with Gasteiger partial charge in [0.15, 0.2) is 0 Å². The molecule has 3 rings (SSSR count). The topological polar surface area (TPSA) is 75.7 Å². The molecule has 1 aliphatic rings. The Kier molecular flexibility index (Phi) is 7.29. The Morgan fingerprint density at radius 1 is 1.10 bits per heavy atom. The number of nitrogens with zero attached hydrogens (tertiary/aromatic N) is 1. The van der Waals surface area contributed by atoms with Crippen LogP contribution in [0.1, 0.15) is 31.4 Å². The van der Waals surface area contributed by atoms with E-state index < -0.39 is 10.0 Å². The molecule has 30 heavy (non-hydrogen) atoms. The van der Waals surface area contributed by atoms with Crippen molar-refractivity contribution in [2.45, 2.75) is 30.7 Å². The molecule has 1 N–H and O–H groups in total. The Balaban J connectivity index is 1.63. The van der Waals surface area contributed by atoms with E-state index in [1.165, 1.54) is 23.5 Å². The monoisotopic (exact) mass is 470 g/mol. The van der Waals surface area contributed by atoms with E-state index in [1.807, 2.05) is 19.1 Å². The van der Waals surface area contributed by atoms with Crippen LogP contribution >= 0.6 is 23.2 Å². The number of carbonyl (C=O) groups is 1. The molecule has 1 unspecified atom stereocenters. The summed E-state index contributed by atoms with van der Waals surface area (Å²) < 4.78 is 32.7. The maximum Gasteiger partial charge on any atom is 0.246 e. The van der Waals surface area contributed by atoms with Gasteiger partial charge < -0.3 is 10.1 Å².